The van der Waals surface area contributed by atoms with E-state index < -0.39 is 65.4 Å². The number of aliphatic hydroxyl groups excluding tert-OH is 2. The Kier molecular flexibility index (Phi) is 11.8. The SMILES string of the molecule is CCC1OC(=O)C(C)C(O[C@H]2C[C@@](C)(OC)[C@@H](O)CO2)C(C)CC(C)(O)CC(C)CN(C)C(C)C(O)C1(C)O. The van der Waals surface area contributed by atoms with Crippen LogP contribution in [-0.4, -0.2) is 112 Å². The fraction of sp³-hybridized carbons (Fsp3) is 0.966. The molecule has 0 aromatic rings. The zero-order valence-electron chi connectivity index (χ0n) is 25.7. The van der Waals surface area contributed by atoms with Gasteiger partial charge in [-0.3, -0.25) is 4.79 Å². The fourth-order valence-corrected chi connectivity index (χ4v) is 6.41. The molecule has 0 saturated carbocycles. The first-order valence-corrected chi connectivity index (χ1v) is 14.4. The average molecular weight is 562 g/mol. The summed E-state index contributed by atoms with van der Waals surface area (Å²) < 4.78 is 23.6. The minimum Gasteiger partial charge on any atom is -0.459 e. The van der Waals surface area contributed by atoms with Crippen LogP contribution in [0.3, 0.4) is 0 Å². The standard InChI is InChI=1S/C29H55NO9/c1-11-22-29(8,35)25(32)20(5)30(9)15-17(2)12-27(6,34)13-18(3)24(19(4)26(33)38-22)39-23-14-28(7,36-10)21(31)16-37-23/h17-25,31-32,34-35H,11-16H2,1-10H3/t17?,18?,19?,20?,21-,22?,23-,24?,25?,27?,28+,29?/m0/s1. The van der Waals surface area contributed by atoms with Gasteiger partial charge in [-0.15, -0.1) is 0 Å². The maximum atomic E-state index is 13.5. The van der Waals surface area contributed by atoms with Crippen LogP contribution < -0.4 is 0 Å². The molecule has 230 valence electrons. The molecule has 0 aromatic heterocycles. The van der Waals surface area contributed by atoms with E-state index in [0.29, 0.717) is 25.8 Å². The summed E-state index contributed by atoms with van der Waals surface area (Å²) >= 11 is 0. The predicted octanol–water partition coefficient (Wildman–Crippen LogP) is 2.09. The largest absolute Gasteiger partial charge is 0.459 e. The van der Waals surface area contributed by atoms with Gasteiger partial charge in [-0.25, -0.2) is 0 Å². The van der Waals surface area contributed by atoms with Crippen molar-refractivity contribution in [2.24, 2.45) is 17.8 Å². The average Bonchev–Trinajstić information content (AvgIpc) is 2.84. The molecule has 0 spiro atoms. The summed E-state index contributed by atoms with van der Waals surface area (Å²) in [6.45, 7) is 15.0. The highest BCUT2D eigenvalue weighted by atomic mass is 16.7. The Morgan fingerprint density at radius 1 is 1.05 bits per heavy atom. The molecular formula is C29H55NO9. The smallest absolute Gasteiger partial charge is 0.311 e. The van der Waals surface area contributed by atoms with E-state index in [2.05, 4.69) is 6.92 Å². The summed E-state index contributed by atoms with van der Waals surface area (Å²) in [6.07, 6.45) is -2.96. The first kappa shape index (κ1) is 34.4. The fourth-order valence-electron chi connectivity index (χ4n) is 6.41. The van der Waals surface area contributed by atoms with Crippen molar-refractivity contribution in [2.45, 2.75) is 135 Å². The maximum absolute atomic E-state index is 13.5. The highest BCUT2D eigenvalue weighted by Gasteiger charge is 2.47. The molecule has 2 aliphatic rings. The molecule has 0 amide bonds. The van der Waals surface area contributed by atoms with E-state index >= 15 is 0 Å². The molecule has 0 aromatic carbocycles. The van der Waals surface area contributed by atoms with Crippen molar-refractivity contribution >= 4 is 5.97 Å². The van der Waals surface area contributed by atoms with Crippen LogP contribution in [0.4, 0.5) is 0 Å². The number of likely N-dealkylation sites (N-methyl/N-ethyl adjacent to an activating group) is 1. The highest BCUT2D eigenvalue weighted by molar-refractivity contribution is 5.73. The van der Waals surface area contributed by atoms with E-state index in [4.69, 9.17) is 18.9 Å². The molecule has 2 aliphatic heterocycles. The normalized spacial score (nSPS) is 48.2. The van der Waals surface area contributed by atoms with Gasteiger partial charge >= 0.3 is 5.97 Å². The minimum absolute atomic E-state index is 0.0224. The Morgan fingerprint density at radius 2 is 1.67 bits per heavy atom. The molecular weight excluding hydrogens is 506 g/mol. The molecule has 39 heavy (non-hydrogen) atoms. The third kappa shape index (κ3) is 8.35. The third-order valence-electron chi connectivity index (χ3n) is 9.10. The number of rotatable bonds is 4. The zero-order chi connectivity index (χ0) is 29.9. The van der Waals surface area contributed by atoms with Gasteiger partial charge in [-0.05, 0) is 72.8 Å². The molecule has 10 nitrogen and oxygen atoms in total. The molecule has 2 fully saturated rings. The summed E-state index contributed by atoms with van der Waals surface area (Å²) in [5.41, 5.74) is -3.62. The van der Waals surface area contributed by atoms with Gasteiger partial charge in [0.15, 0.2) is 6.29 Å². The molecule has 10 heteroatoms. The number of ether oxygens (including phenoxy) is 4. The van der Waals surface area contributed by atoms with Gasteiger partial charge in [-0.1, -0.05) is 20.8 Å². The van der Waals surface area contributed by atoms with Crippen LogP contribution in [0.1, 0.15) is 81.1 Å². The second-order valence-corrected chi connectivity index (χ2v) is 13.1. The molecule has 2 saturated heterocycles. The van der Waals surface area contributed by atoms with E-state index in [0.717, 1.165) is 0 Å². The van der Waals surface area contributed by atoms with Gasteiger partial charge in [0.2, 0.25) is 0 Å². The lowest BCUT2D eigenvalue weighted by molar-refractivity contribution is -0.274. The van der Waals surface area contributed by atoms with Crippen molar-refractivity contribution in [2.75, 3.05) is 27.3 Å². The summed E-state index contributed by atoms with van der Waals surface area (Å²) in [5.74, 6) is -1.53. The van der Waals surface area contributed by atoms with E-state index in [1.54, 1.807) is 27.7 Å². The first-order chi connectivity index (χ1) is 17.9. The number of cyclic esters (lactones) is 1. The second kappa shape index (κ2) is 13.4. The molecule has 12 atom stereocenters. The predicted molar refractivity (Wildman–Crippen MR) is 147 cm³/mol. The van der Waals surface area contributed by atoms with Gasteiger partial charge in [0.1, 0.15) is 23.9 Å². The highest BCUT2D eigenvalue weighted by Crippen LogP contribution is 2.36. The number of esters is 1. The van der Waals surface area contributed by atoms with Crippen molar-refractivity contribution in [3.05, 3.63) is 0 Å². The van der Waals surface area contributed by atoms with Gasteiger partial charge < -0.3 is 44.3 Å². The molecule has 0 radical (unpaired) electrons. The number of carbonyl (C=O) groups excluding carboxylic acids is 1. The number of aliphatic hydroxyl groups is 4. The van der Waals surface area contributed by atoms with Crippen LogP contribution in [0.25, 0.3) is 0 Å². The van der Waals surface area contributed by atoms with Crippen LogP contribution in [-0.2, 0) is 23.7 Å². The van der Waals surface area contributed by atoms with Crippen LogP contribution >= 0.6 is 0 Å². The molecule has 9 unspecified atom stereocenters. The van der Waals surface area contributed by atoms with E-state index in [-0.39, 0.29) is 24.9 Å². The van der Waals surface area contributed by atoms with Gasteiger partial charge in [0.25, 0.3) is 0 Å². The minimum atomic E-state index is -1.70. The Hall–Kier alpha value is -0.850. The van der Waals surface area contributed by atoms with Gasteiger partial charge in [-0.2, -0.15) is 0 Å². The van der Waals surface area contributed by atoms with E-state index in [9.17, 15) is 25.2 Å². The number of nitrogens with zero attached hydrogens (tertiary/aromatic N) is 1. The summed E-state index contributed by atoms with van der Waals surface area (Å²) in [6, 6.07) is -0.424. The molecule has 0 aliphatic carbocycles. The molecule has 2 rings (SSSR count). The topological polar surface area (TPSA) is 138 Å². The lowest BCUT2D eigenvalue weighted by Gasteiger charge is -2.43. The Labute approximate surface area is 234 Å². The van der Waals surface area contributed by atoms with Gasteiger partial charge in [0, 0.05) is 26.1 Å². The van der Waals surface area contributed by atoms with Gasteiger partial charge in [0.05, 0.1) is 29.8 Å². The molecule has 4 N–H and O–H groups in total. The monoisotopic (exact) mass is 561 g/mol. The van der Waals surface area contributed by atoms with Crippen molar-refractivity contribution in [1.29, 1.82) is 0 Å². The van der Waals surface area contributed by atoms with Crippen molar-refractivity contribution in [1.82, 2.24) is 4.90 Å². The lowest BCUT2D eigenvalue weighted by Crippen LogP contribution is -2.59. The van der Waals surface area contributed by atoms with Crippen LogP contribution in [0.5, 0.6) is 0 Å². The van der Waals surface area contributed by atoms with E-state index in [1.807, 2.05) is 25.8 Å². The number of hydrogen-bond acceptors (Lipinski definition) is 10. The quantitative estimate of drug-likeness (QED) is 0.378. The number of methoxy groups -OCH3 is 1. The molecule has 0 bridgehead atoms. The summed E-state index contributed by atoms with van der Waals surface area (Å²) in [5, 5.41) is 44.4. The third-order valence-corrected chi connectivity index (χ3v) is 9.10. The Bertz CT molecular complexity index is 793. The maximum Gasteiger partial charge on any atom is 0.311 e. The van der Waals surface area contributed by atoms with E-state index in [1.165, 1.54) is 14.0 Å². The Morgan fingerprint density at radius 3 is 2.23 bits per heavy atom. The summed E-state index contributed by atoms with van der Waals surface area (Å²) in [7, 11) is 3.41. The zero-order valence-corrected chi connectivity index (χ0v) is 25.7. The van der Waals surface area contributed by atoms with Crippen LogP contribution in [0, 0.1) is 17.8 Å². The van der Waals surface area contributed by atoms with Crippen molar-refractivity contribution < 1.29 is 44.2 Å². The number of carbonyl (C=O) groups is 1. The van der Waals surface area contributed by atoms with Crippen LogP contribution in [0.15, 0.2) is 0 Å². The lowest BCUT2D eigenvalue weighted by atomic mass is 9.80. The first-order valence-electron chi connectivity index (χ1n) is 14.4. The Balaban J connectivity index is 2.44. The second-order valence-electron chi connectivity index (χ2n) is 13.1. The van der Waals surface area contributed by atoms with Crippen LogP contribution in [0.2, 0.25) is 0 Å². The summed E-state index contributed by atoms with van der Waals surface area (Å²) in [4.78, 5) is 15.5. The van der Waals surface area contributed by atoms with Crippen molar-refractivity contribution in [3.8, 4) is 0 Å². The molecule has 2 heterocycles. The van der Waals surface area contributed by atoms with Crippen molar-refractivity contribution in [3.63, 3.8) is 0 Å². The number of hydrogen-bond donors (Lipinski definition) is 4.